The molecule has 30 heavy (non-hydrogen) atoms. The number of hydrogen-bond donors (Lipinski definition) is 1. The maximum absolute atomic E-state index is 13.6. The van der Waals surface area contributed by atoms with Gasteiger partial charge in [-0.05, 0) is 61.9 Å². The van der Waals surface area contributed by atoms with Gasteiger partial charge in [-0.15, -0.1) is 0 Å². The van der Waals surface area contributed by atoms with Crippen molar-refractivity contribution < 1.29 is 22.0 Å². The van der Waals surface area contributed by atoms with Crippen LogP contribution in [0.4, 0.5) is 8.78 Å². The second-order valence-electron chi connectivity index (χ2n) is 7.66. The lowest BCUT2D eigenvalue weighted by Crippen LogP contribution is -2.39. The average Bonchev–Trinajstić information content (AvgIpc) is 2.73. The molecule has 0 spiro atoms. The first-order valence-electron chi connectivity index (χ1n) is 10.0. The quantitative estimate of drug-likeness (QED) is 0.719. The van der Waals surface area contributed by atoms with Gasteiger partial charge in [0.05, 0.1) is 4.90 Å². The molecule has 5 nitrogen and oxygen atoms in total. The first-order valence-corrected chi connectivity index (χ1v) is 11.5. The van der Waals surface area contributed by atoms with E-state index in [0.717, 1.165) is 23.8 Å². The van der Waals surface area contributed by atoms with Crippen molar-refractivity contribution in [2.45, 2.75) is 44.0 Å². The molecule has 1 aliphatic heterocycles. The molecule has 8 heteroatoms. The maximum Gasteiger partial charge on any atom is 0.243 e. The van der Waals surface area contributed by atoms with Gasteiger partial charge in [0.25, 0.3) is 0 Å². The average molecular weight is 437 g/mol. The summed E-state index contributed by atoms with van der Waals surface area (Å²) in [6.07, 6.45) is 2.29. The van der Waals surface area contributed by atoms with Gasteiger partial charge in [-0.3, -0.25) is 4.79 Å². The van der Waals surface area contributed by atoms with Gasteiger partial charge in [0, 0.05) is 31.6 Å². The van der Waals surface area contributed by atoms with Crippen LogP contribution in [0, 0.1) is 24.5 Å². The molecule has 0 bridgehead atoms. The molecule has 2 aromatic carbocycles. The SMILES string of the molecule is Cc1ccccc1S(=O)(=O)N1CCC(CCC(=O)NCc2cc(F)ccc2F)CC1. The largest absolute Gasteiger partial charge is 0.352 e. The fourth-order valence-corrected chi connectivity index (χ4v) is 5.41. The minimum atomic E-state index is -3.51. The molecule has 0 saturated carbocycles. The van der Waals surface area contributed by atoms with Crippen molar-refractivity contribution in [1.82, 2.24) is 9.62 Å². The standard InChI is InChI=1S/C22H26F2N2O3S/c1-16-4-2-3-5-21(16)30(28,29)26-12-10-17(11-13-26)6-9-22(27)25-15-18-14-19(23)7-8-20(18)24/h2-5,7-8,14,17H,6,9-13,15H2,1H3,(H,25,27). The van der Waals surface area contributed by atoms with Crippen LogP contribution in [-0.4, -0.2) is 31.7 Å². The number of nitrogens with zero attached hydrogens (tertiary/aromatic N) is 1. The Hall–Kier alpha value is -2.32. The molecule has 162 valence electrons. The molecule has 1 amide bonds. The number of piperidine rings is 1. The molecule has 1 N–H and O–H groups in total. The second-order valence-corrected chi connectivity index (χ2v) is 9.57. The van der Waals surface area contributed by atoms with Crippen molar-refractivity contribution in [3.8, 4) is 0 Å². The van der Waals surface area contributed by atoms with E-state index in [-0.39, 0.29) is 30.4 Å². The van der Waals surface area contributed by atoms with Crippen LogP contribution in [-0.2, 0) is 21.4 Å². The van der Waals surface area contributed by atoms with Crippen LogP contribution >= 0.6 is 0 Å². The number of halogens is 2. The van der Waals surface area contributed by atoms with E-state index >= 15 is 0 Å². The summed E-state index contributed by atoms with van der Waals surface area (Å²) in [6, 6.07) is 10.1. The first kappa shape index (κ1) is 22.4. The molecule has 0 aliphatic carbocycles. The Bertz CT molecular complexity index is 1000. The smallest absolute Gasteiger partial charge is 0.243 e. The zero-order chi connectivity index (χ0) is 21.7. The molecule has 3 rings (SSSR count). The number of aryl methyl sites for hydroxylation is 1. The van der Waals surface area contributed by atoms with Crippen molar-refractivity contribution >= 4 is 15.9 Å². The number of hydrogen-bond acceptors (Lipinski definition) is 3. The highest BCUT2D eigenvalue weighted by molar-refractivity contribution is 7.89. The van der Waals surface area contributed by atoms with Crippen LogP contribution in [0.25, 0.3) is 0 Å². The van der Waals surface area contributed by atoms with Gasteiger partial charge < -0.3 is 5.32 Å². The third kappa shape index (κ3) is 5.43. The number of amides is 1. The molecule has 0 aromatic heterocycles. The monoisotopic (exact) mass is 436 g/mol. The third-order valence-electron chi connectivity index (χ3n) is 5.55. The van der Waals surface area contributed by atoms with Crippen molar-refractivity contribution in [3.05, 3.63) is 65.2 Å². The molecule has 1 heterocycles. The van der Waals surface area contributed by atoms with Gasteiger partial charge in [0.1, 0.15) is 11.6 Å². The van der Waals surface area contributed by atoms with Crippen LogP contribution in [0.1, 0.15) is 36.8 Å². The van der Waals surface area contributed by atoms with E-state index in [0.29, 0.717) is 37.2 Å². The highest BCUT2D eigenvalue weighted by Gasteiger charge is 2.30. The summed E-state index contributed by atoms with van der Waals surface area (Å²) >= 11 is 0. The first-order chi connectivity index (χ1) is 14.3. The molecule has 0 unspecified atom stereocenters. The minimum Gasteiger partial charge on any atom is -0.352 e. The van der Waals surface area contributed by atoms with Crippen LogP contribution in [0.2, 0.25) is 0 Å². The molecular weight excluding hydrogens is 410 g/mol. The Morgan fingerprint density at radius 3 is 2.53 bits per heavy atom. The molecule has 1 saturated heterocycles. The van der Waals surface area contributed by atoms with Crippen LogP contribution in [0.3, 0.4) is 0 Å². The van der Waals surface area contributed by atoms with E-state index in [1.807, 2.05) is 6.07 Å². The van der Waals surface area contributed by atoms with Gasteiger partial charge in [-0.2, -0.15) is 4.31 Å². The molecule has 0 atom stereocenters. The Labute approximate surface area is 176 Å². The molecular formula is C22H26F2N2O3S. The van der Waals surface area contributed by atoms with Crippen molar-refractivity contribution in [2.75, 3.05) is 13.1 Å². The van der Waals surface area contributed by atoms with Gasteiger partial charge in [0.2, 0.25) is 15.9 Å². The molecule has 0 radical (unpaired) electrons. The lowest BCUT2D eigenvalue weighted by molar-refractivity contribution is -0.121. The summed E-state index contributed by atoms with van der Waals surface area (Å²) in [5.41, 5.74) is 0.837. The summed E-state index contributed by atoms with van der Waals surface area (Å²) in [7, 11) is -3.51. The van der Waals surface area contributed by atoms with E-state index < -0.39 is 21.7 Å². The number of carbonyl (C=O) groups excluding carboxylic acids is 1. The summed E-state index contributed by atoms with van der Waals surface area (Å²) in [5.74, 6) is -1.08. The number of rotatable bonds is 7. The Kier molecular flexibility index (Phi) is 7.20. The van der Waals surface area contributed by atoms with Gasteiger partial charge >= 0.3 is 0 Å². The van der Waals surface area contributed by atoms with E-state index in [1.165, 1.54) is 4.31 Å². The van der Waals surface area contributed by atoms with E-state index in [2.05, 4.69) is 5.32 Å². The lowest BCUT2D eigenvalue weighted by Gasteiger charge is -2.31. The fourth-order valence-electron chi connectivity index (χ4n) is 3.72. The molecule has 2 aromatic rings. The van der Waals surface area contributed by atoms with E-state index in [1.54, 1.807) is 25.1 Å². The van der Waals surface area contributed by atoms with E-state index in [4.69, 9.17) is 0 Å². The van der Waals surface area contributed by atoms with Crippen LogP contribution in [0.15, 0.2) is 47.4 Å². The summed E-state index contributed by atoms with van der Waals surface area (Å²) in [6.45, 7) is 2.58. The van der Waals surface area contributed by atoms with Crippen molar-refractivity contribution in [1.29, 1.82) is 0 Å². The number of nitrogens with one attached hydrogen (secondary N) is 1. The highest BCUT2D eigenvalue weighted by Crippen LogP contribution is 2.27. The van der Waals surface area contributed by atoms with Gasteiger partial charge in [-0.1, -0.05) is 18.2 Å². The van der Waals surface area contributed by atoms with Crippen molar-refractivity contribution in [3.63, 3.8) is 0 Å². The van der Waals surface area contributed by atoms with Gasteiger partial charge in [0.15, 0.2) is 0 Å². The normalized spacial score (nSPS) is 15.8. The van der Waals surface area contributed by atoms with Crippen LogP contribution in [0.5, 0.6) is 0 Å². The Morgan fingerprint density at radius 2 is 1.83 bits per heavy atom. The summed E-state index contributed by atoms with van der Waals surface area (Å²) in [4.78, 5) is 12.4. The summed E-state index contributed by atoms with van der Waals surface area (Å²) < 4.78 is 54.0. The Morgan fingerprint density at radius 1 is 1.13 bits per heavy atom. The predicted molar refractivity (Wildman–Crippen MR) is 110 cm³/mol. The third-order valence-corrected chi connectivity index (χ3v) is 7.61. The van der Waals surface area contributed by atoms with Gasteiger partial charge in [-0.25, -0.2) is 17.2 Å². The van der Waals surface area contributed by atoms with Crippen molar-refractivity contribution in [2.24, 2.45) is 5.92 Å². The molecule has 1 aliphatic rings. The highest BCUT2D eigenvalue weighted by atomic mass is 32.2. The van der Waals surface area contributed by atoms with E-state index in [9.17, 15) is 22.0 Å². The zero-order valence-corrected chi connectivity index (χ0v) is 17.7. The predicted octanol–water partition coefficient (Wildman–Crippen LogP) is 3.77. The summed E-state index contributed by atoms with van der Waals surface area (Å²) in [5, 5.41) is 2.62. The second kappa shape index (κ2) is 9.66. The topological polar surface area (TPSA) is 66.5 Å². The number of benzene rings is 2. The fraction of sp³-hybridized carbons (Fsp3) is 0.409. The maximum atomic E-state index is 13.6. The molecule has 1 fully saturated rings. The lowest BCUT2D eigenvalue weighted by atomic mass is 9.93. The number of sulfonamides is 1. The number of carbonyl (C=O) groups is 1. The van der Waals surface area contributed by atoms with Crippen LogP contribution < -0.4 is 5.32 Å². The zero-order valence-electron chi connectivity index (χ0n) is 16.9. The Balaban J connectivity index is 1.45. The minimum absolute atomic E-state index is 0.0600.